The lowest BCUT2D eigenvalue weighted by Gasteiger charge is -2.19. The van der Waals surface area contributed by atoms with Crippen molar-refractivity contribution < 1.29 is 19.2 Å². The number of Topliss-reactive ketones (excluding diaryl/α,β-unsaturated/α-hetero) is 1. The van der Waals surface area contributed by atoms with Gasteiger partial charge in [0.2, 0.25) is 0 Å². The molecule has 110 valence electrons. The van der Waals surface area contributed by atoms with Crippen LogP contribution >= 0.6 is 0 Å². The molecule has 1 atom stereocenters. The SMILES string of the molecule is CC(=O)[C@H](C)N1C(=O)C(=O)N(Cc2ccc(C)cc2)C1=O. The predicted molar refractivity (Wildman–Crippen MR) is 74.1 cm³/mol. The minimum absolute atomic E-state index is 0.0187. The largest absolute Gasteiger partial charge is 0.335 e. The smallest absolute Gasteiger partial charge is 0.298 e. The summed E-state index contributed by atoms with van der Waals surface area (Å²) in [4.78, 5) is 49.0. The van der Waals surface area contributed by atoms with E-state index in [2.05, 4.69) is 0 Å². The van der Waals surface area contributed by atoms with Crippen LogP contribution in [0.1, 0.15) is 25.0 Å². The van der Waals surface area contributed by atoms with Gasteiger partial charge in [0.1, 0.15) is 0 Å². The van der Waals surface area contributed by atoms with Gasteiger partial charge in [0.15, 0.2) is 5.78 Å². The van der Waals surface area contributed by atoms with Gasteiger partial charge >= 0.3 is 17.8 Å². The second-order valence-electron chi connectivity index (χ2n) is 5.12. The Balaban J connectivity index is 2.23. The third-order valence-electron chi connectivity index (χ3n) is 3.52. The number of hydrogen-bond donors (Lipinski definition) is 0. The minimum atomic E-state index is -0.949. The Bertz CT molecular complexity index is 621. The quantitative estimate of drug-likeness (QED) is 0.617. The third kappa shape index (κ3) is 2.69. The van der Waals surface area contributed by atoms with Crippen molar-refractivity contribution in [3.05, 3.63) is 35.4 Å². The fraction of sp³-hybridized carbons (Fsp3) is 0.333. The highest BCUT2D eigenvalue weighted by atomic mass is 16.2. The van der Waals surface area contributed by atoms with E-state index < -0.39 is 23.9 Å². The molecule has 0 bridgehead atoms. The molecule has 6 heteroatoms. The van der Waals surface area contributed by atoms with Gasteiger partial charge in [-0.1, -0.05) is 29.8 Å². The Labute approximate surface area is 122 Å². The van der Waals surface area contributed by atoms with E-state index in [1.54, 1.807) is 12.1 Å². The van der Waals surface area contributed by atoms with E-state index in [1.165, 1.54) is 13.8 Å². The zero-order valence-electron chi connectivity index (χ0n) is 12.1. The fourth-order valence-electron chi connectivity index (χ4n) is 2.06. The molecule has 1 aliphatic heterocycles. The predicted octanol–water partition coefficient (Wildman–Crippen LogP) is 1.26. The summed E-state index contributed by atoms with van der Waals surface area (Å²) in [5.41, 5.74) is 1.80. The van der Waals surface area contributed by atoms with Crippen LogP contribution < -0.4 is 0 Å². The number of benzene rings is 1. The van der Waals surface area contributed by atoms with Crippen molar-refractivity contribution in [1.29, 1.82) is 0 Å². The van der Waals surface area contributed by atoms with E-state index in [4.69, 9.17) is 0 Å². The van der Waals surface area contributed by atoms with Gasteiger partial charge in [0.05, 0.1) is 12.6 Å². The molecule has 6 nitrogen and oxygen atoms in total. The first-order valence-corrected chi connectivity index (χ1v) is 6.58. The molecule has 2 rings (SSSR count). The van der Waals surface area contributed by atoms with E-state index in [9.17, 15) is 19.2 Å². The lowest BCUT2D eigenvalue weighted by Crippen LogP contribution is -2.43. The molecule has 0 N–H and O–H groups in total. The van der Waals surface area contributed by atoms with Crippen molar-refractivity contribution in [2.24, 2.45) is 0 Å². The molecule has 1 saturated heterocycles. The molecule has 21 heavy (non-hydrogen) atoms. The van der Waals surface area contributed by atoms with Gasteiger partial charge in [-0.15, -0.1) is 0 Å². The second-order valence-corrected chi connectivity index (χ2v) is 5.12. The van der Waals surface area contributed by atoms with Crippen LogP contribution in [-0.4, -0.2) is 39.5 Å². The Kier molecular flexibility index (Phi) is 3.88. The van der Waals surface area contributed by atoms with Crippen LogP contribution in [0.3, 0.4) is 0 Å². The van der Waals surface area contributed by atoms with E-state index in [0.29, 0.717) is 0 Å². The molecule has 0 aromatic heterocycles. The topological polar surface area (TPSA) is 74.8 Å². The van der Waals surface area contributed by atoms with Crippen LogP contribution in [0.15, 0.2) is 24.3 Å². The van der Waals surface area contributed by atoms with Crippen molar-refractivity contribution in [2.45, 2.75) is 33.4 Å². The van der Waals surface area contributed by atoms with Gasteiger partial charge < -0.3 is 0 Å². The van der Waals surface area contributed by atoms with Crippen LogP contribution in [0.2, 0.25) is 0 Å². The van der Waals surface area contributed by atoms with Gasteiger partial charge in [-0.3, -0.25) is 19.3 Å². The summed E-state index contributed by atoms with van der Waals surface area (Å²) in [7, 11) is 0. The van der Waals surface area contributed by atoms with Crippen molar-refractivity contribution in [1.82, 2.24) is 9.80 Å². The molecule has 0 saturated carbocycles. The average molecular weight is 288 g/mol. The lowest BCUT2D eigenvalue weighted by atomic mass is 10.1. The number of imide groups is 2. The van der Waals surface area contributed by atoms with Crippen molar-refractivity contribution >= 4 is 23.6 Å². The van der Waals surface area contributed by atoms with Gasteiger partial charge in [0.25, 0.3) is 0 Å². The fourth-order valence-corrected chi connectivity index (χ4v) is 2.06. The first-order chi connectivity index (χ1) is 9.82. The Morgan fingerprint density at radius 1 is 1.10 bits per heavy atom. The number of carbonyl (C=O) groups excluding carboxylic acids is 4. The number of aryl methyl sites for hydroxylation is 1. The van der Waals surface area contributed by atoms with E-state index in [1.807, 2.05) is 19.1 Å². The van der Waals surface area contributed by atoms with Gasteiger partial charge in [-0.25, -0.2) is 9.69 Å². The molecule has 1 aromatic rings. The van der Waals surface area contributed by atoms with Crippen LogP contribution in [0.5, 0.6) is 0 Å². The summed E-state index contributed by atoms with van der Waals surface area (Å²) < 4.78 is 0. The number of nitrogens with zero attached hydrogens (tertiary/aromatic N) is 2. The molecule has 0 aliphatic carbocycles. The second kappa shape index (κ2) is 5.47. The highest BCUT2D eigenvalue weighted by molar-refractivity contribution is 6.45. The Hall–Kier alpha value is -2.50. The number of urea groups is 1. The van der Waals surface area contributed by atoms with E-state index in [-0.39, 0.29) is 12.3 Å². The molecule has 0 spiro atoms. The van der Waals surface area contributed by atoms with Crippen molar-refractivity contribution in [2.75, 3.05) is 0 Å². The molecule has 1 fully saturated rings. The summed E-state index contributed by atoms with van der Waals surface area (Å²) in [6.07, 6.45) is 0. The van der Waals surface area contributed by atoms with Crippen molar-refractivity contribution in [3.63, 3.8) is 0 Å². The molecular formula is C15H16N2O4. The molecular weight excluding hydrogens is 272 g/mol. The number of hydrogen-bond acceptors (Lipinski definition) is 4. The Morgan fingerprint density at radius 2 is 1.67 bits per heavy atom. The maximum Gasteiger partial charge on any atom is 0.335 e. The normalized spacial score (nSPS) is 16.6. The van der Waals surface area contributed by atoms with Crippen molar-refractivity contribution in [3.8, 4) is 0 Å². The summed E-state index contributed by atoms with van der Waals surface area (Å²) in [6.45, 7) is 4.65. The number of rotatable bonds is 4. The maximum atomic E-state index is 12.2. The van der Waals surface area contributed by atoms with E-state index >= 15 is 0 Å². The highest BCUT2D eigenvalue weighted by Crippen LogP contribution is 2.19. The molecule has 1 aromatic carbocycles. The molecule has 1 heterocycles. The summed E-state index contributed by atoms with van der Waals surface area (Å²) in [5, 5.41) is 0. The van der Waals surface area contributed by atoms with Crippen LogP contribution in [0, 0.1) is 6.92 Å². The van der Waals surface area contributed by atoms with Crippen LogP contribution in [0.4, 0.5) is 4.79 Å². The molecule has 4 amide bonds. The summed E-state index contributed by atoms with van der Waals surface area (Å²) in [5.74, 6) is -2.19. The monoisotopic (exact) mass is 288 g/mol. The lowest BCUT2D eigenvalue weighted by molar-refractivity contribution is -0.145. The molecule has 0 unspecified atom stereocenters. The summed E-state index contributed by atoms with van der Waals surface area (Å²) >= 11 is 0. The van der Waals surface area contributed by atoms with Crippen LogP contribution in [0.25, 0.3) is 0 Å². The zero-order chi connectivity index (χ0) is 15.7. The number of ketones is 1. The molecule has 0 radical (unpaired) electrons. The maximum absolute atomic E-state index is 12.2. The Morgan fingerprint density at radius 3 is 2.19 bits per heavy atom. The van der Waals surface area contributed by atoms with Gasteiger partial charge in [-0.2, -0.15) is 0 Å². The highest BCUT2D eigenvalue weighted by Gasteiger charge is 2.47. The van der Waals surface area contributed by atoms with Crippen LogP contribution in [-0.2, 0) is 20.9 Å². The van der Waals surface area contributed by atoms with Gasteiger partial charge in [-0.05, 0) is 26.3 Å². The average Bonchev–Trinajstić information content (AvgIpc) is 2.64. The van der Waals surface area contributed by atoms with Gasteiger partial charge in [0, 0.05) is 0 Å². The minimum Gasteiger partial charge on any atom is -0.298 e. The summed E-state index contributed by atoms with van der Waals surface area (Å²) in [6, 6.07) is 5.62. The first kappa shape index (κ1) is 14.9. The standard InChI is InChI=1S/C15H16N2O4/c1-9-4-6-12(7-5-9)8-16-13(19)14(20)17(15(16)21)10(2)11(3)18/h4-7,10H,8H2,1-3H3/t10-/m0/s1. The third-order valence-corrected chi connectivity index (χ3v) is 3.52. The zero-order valence-corrected chi connectivity index (χ0v) is 12.1. The molecule has 1 aliphatic rings. The number of amides is 4. The first-order valence-electron chi connectivity index (χ1n) is 6.58. The van der Waals surface area contributed by atoms with E-state index in [0.717, 1.165) is 20.9 Å². The number of carbonyl (C=O) groups is 4.